The van der Waals surface area contributed by atoms with Crippen molar-refractivity contribution in [2.75, 3.05) is 0 Å². The lowest BCUT2D eigenvalue weighted by atomic mass is 9.92. The number of aryl methyl sites for hydroxylation is 1. The Labute approximate surface area is 195 Å². The fraction of sp³-hybridized carbons (Fsp3) is 0.0323. The lowest BCUT2D eigenvalue weighted by molar-refractivity contribution is 0.483. The van der Waals surface area contributed by atoms with E-state index >= 15 is 0 Å². The van der Waals surface area contributed by atoms with Crippen LogP contribution in [0.5, 0.6) is 5.75 Å². The van der Waals surface area contributed by atoms with Gasteiger partial charge in [0.1, 0.15) is 5.75 Å². The number of rotatable bonds is 1. The van der Waals surface area contributed by atoms with Crippen LogP contribution in [0.4, 0.5) is 0 Å². The Morgan fingerprint density at radius 1 is 0.545 bits per heavy atom. The summed E-state index contributed by atoms with van der Waals surface area (Å²) in [7, 11) is 0. The first kappa shape index (κ1) is 18.7. The molecule has 0 bridgehead atoms. The molecular weight excluding hydrogens is 420 g/mol. The van der Waals surface area contributed by atoms with Gasteiger partial charge in [-0.15, -0.1) is 11.3 Å². The molecule has 0 radical (unpaired) electrons. The second-order valence-corrected chi connectivity index (χ2v) is 9.83. The van der Waals surface area contributed by atoms with Crippen LogP contribution in [0, 0.1) is 6.92 Å². The van der Waals surface area contributed by atoms with E-state index in [9.17, 15) is 5.11 Å². The highest BCUT2D eigenvalue weighted by Gasteiger charge is 2.14. The zero-order chi connectivity index (χ0) is 22.1. The quantitative estimate of drug-likeness (QED) is 0.252. The summed E-state index contributed by atoms with van der Waals surface area (Å²) in [6.07, 6.45) is 0. The highest BCUT2D eigenvalue weighted by atomic mass is 32.1. The van der Waals surface area contributed by atoms with E-state index in [-0.39, 0.29) is 0 Å². The molecule has 0 aliphatic rings. The minimum atomic E-state index is 0.353. The topological polar surface area (TPSA) is 20.2 Å². The van der Waals surface area contributed by atoms with Crippen LogP contribution in [0.25, 0.3) is 63.6 Å². The summed E-state index contributed by atoms with van der Waals surface area (Å²) in [5.74, 6) is 0.353. The van der Waals surface area contributed by atoms with E-state index in [2.05, 4.69) is 97.9 Å². The third-order valence-corrected chi connectivity index (χ3v) is 8.06. The van der Waals surface area contributed by atoms with Gasteiger partial charge in [0, 0.05) is 15.5 Å². The van der Waals surface area contributed by atoms with Gasteiger partial charge in [0.25, 0.3) is 0 Å². The van der Waals surface area contributed by atoms with E-state index in [1.54, 1.807) is 11.3 Å². The Kier molecular flexibility index (Phi) is 3.85. The van der Waals surface area contributed by atoms with Gasteiger partial charge in [-0.05, 0) is 80.2 Å². The highest BCUT2D eigenvalue weighted by Crippen LogP contribution is 2.44. The number of aromatic hydroxyl groups is 1. The first-order valence-electron chi connectivity index (χ1n) is 11.2. The van der Waals surface area contributed by atoms with Crippen LogP contribution in [0.3, 0.4) is 0 Å². The molecule has 0 aliphatic carbocycles. The maximum absolute atomic E-state index is 10.9. The van der Waals surface area contributed by atoms with E-state index < -0.39 is 0 Å². The predicted molar refractivity (Wildman–Crippen MR) is 144 cm³/mol. The number of hydrogen-bond acceptors (Lipinski definition) is 2. The van der Waals surface area contributed by atoms with Crippen LogP contribution in [0.1, 0.15) is 5.56 Å². The molecule has 1 heterocycles. The van der Waals surface area contributed by atoms with Crippen LogP contribution in [0.2, 0.25) is 0 Å². The third-order valence-electron chi connectivity index (χ3n) is 6.86. The van der Waals surface area contributed by atoms with Gasteiger partial charge in [-0.25, -0.2) is 0 Å². The molecule has 2 heteroatoms. The first-order chi connectivity index (χ1) is 16.2. The van der Waals surface area contributed by atoms with Crippen molar-refractivity contribution in [1.82, 2.24) is 0 Å². The molecule has 7 rings (SSSR count). The van der Waals surface area contributed by atoms with Gasteiger partial charge in [-0.2, -0.15) is 0 Å². The van der Waals surface area contributed by atoms with Crippen LogP contribution in [-0.4, -0.2) is 5.11 Å². The Balaban J connectivity index is 1.56. The zero-order valence-corrected chi connectivity index (χ0v) is 18.9. The fourth-order valence-electron chi connectivity index (χ4n) is 5.34. The molecule has 1 N–H and O–H groups in total. The minimum Gasteiger partial charge on any atom is -0.506 e. The van der Waals surface area contributed by atoms with Crippen molar-refractivity contribution < 1.29 is 5.11 Å². The molecule has 33 heavy (non-hydrogen) atoms. The molecule has 156 valence electrons. The van der Waals surface area contributed by atoms with Crippen molar-refractivity contribution in [3.05, 3.63) is 103 Å². The van der Waals surface area contributed by atoms with Crippen molar-refractivity contribution in [3.63, 3.8) is 0 Å². The first-order valence-corrected chi connectivity index (χ1v) is 12.0. The van der Waals surface area contributed by atoms with Crippen molar-refractivity contribution in [1.29, 1.82) is 0 Å². The minimum absolute atomic E-state index is 0.353. The van der Waals surface area contributed by atoms with E-state index in [0.717, 1.165) is 21.2 Å². The van der Waals surface area contributed by atoms with Crippen LogP contribution in [0.15, 0.2) is 97.1 Å². The Bertz CT molecular complexity index is 1860. The van der Waals surface area contributed by atoms with Gasteiger partial charge in [-0.3, -0.25) is 0 Å². The Hall–Kier alpha value is -3.88. The Morgan fingerprint density at radius 3 is 1.85 bits per heavy atom. The van der Waals surface area contributed by atoms with Gasteiger partial charge < -0.3 is 5.11 Å². The van der Waals surface area contributed by atoms with E-state index in [1.165, 1.54) is 48.0 Å². The van der Waals surface area contributed by atoms with Gasteiger partial charge in [-0.1, -0.05) is 72.8 Å². The summed E-state index contributed by atoms with van der Waals surface area (Å²) in [6.45, 7) is 2.14. The number of benzene rings is 6. The smallest absolute Gasteiger partial charge is 0.134 e. The van der Waals surface area contributed by atoms with Crippen LogP contribution < -0.4 is 0 Å². The monoisotopic (exact) mass is 440 g/mol. The molecule has 0 aliphatic heterocycles. The zero-order valence-electron chi connectivity index (χ0n) is 18.1. The van der Waals surface area contributed by atoms with Gasteiger partial charge in [0.15, 0.2) is 0 Å². The SMILES string of the molecule is Cc1cccc2sc3c(O)cc(-c4ccc5c6ccccc6c6ccccc6c5c4)cc3c12. The van der Waals surface area contributed by atoms with Crippen molar-refractivity contribution in [2.24, 2.45) is 0 Å². The highest BCUT2D eigenvalue weighted by molar-refractivity contribution is 7.26. The molecular formula is C31H20OS. The molecule has 0 saturated heterocycles. The summed E-state index contributed by atoms with van der Waals surface area (Å²) in [5.41, 5.74) is 3.40. The number of phenols is 1. The van der Waals surface area contributed by atoms with Crippen molar-refractivity contribution in [2.45, 2.75) is 6.92 Å². The molecule has 0 unspecified atom stereocenters. The molecule has 1 nitrogen and oxygen atoms in total. The molecule has 0 saturated carbocycles. The normalized spacial score (nSPS) is 11.9. The number of thiophene rings is 1. The molecule has 0 fully saturated rings. The fourth-order valence-corrected chi connectivity index (χ4v) is 6.52. The summed E-state index contributed by atoms with van der Waals surface area (Å²) in [6, 6.07) is 34.5. The van der Waals surface area contributed by atoms with Crippen molar-refractivity contribution in [3.8, 4) is 16.9 Å². The summed E-state index contributed by atoms with van der Waals surface area (Å²) in [5, 5.41) is 20.9. The molecule has 1 aromatic heterocycles. The van der Waals surface area contributed by atoms with Crippen LogP contribution in [-0.2, 0) is 0 Å². The van der Waals surface area contributed by atoms with Gasteiger partial charge in [0.05, 0.1) is 4.70 Å². The lowest BCUT2D eigenvalue weighted by Gasteiger charge is -2.12. The van der Waals surface area contributed by atoms with Crippen molar-refractivity contribution >= 4 is 63.8 Å². The number of hydrogen-bond donors (Lipinski definition) is 1. The Morgan fingerprint density at radius 2 is 1.15 bits per heavy atom. The van der Waals surface area contributed by atoms with E-state index in [4.69, 9.17) is 0 Å². The maximum atomic E-state index is 10.9. The molecule has 0 atom stereocenters. The van der Waals surface area contributed by atoms with E-state index in [1.807, 2.05) is 6.07 Å². The summed E-state index contributed by atoms with van der Waals surface area (Å²) in [4.78, 5) is 0. The van der Waals surface area contributed by atoms with Gasteiger partial charge >= 0.3 is 0 Å². The number of phenolic OH excluding ortho intramolecular Hbond substituents is 1. The second-order valence-electron chi connectivity index (χ2n) is 8.77. The standard InChI is InChI=1S/C31H20OS/c1-18-7-6-12-29-30(18)27-16-20(17-28(32)31(27)33-29)19-13-14-25-23-10-3-2-8-21(23)22-9-4-5-11-24(22)26(25)15-19/h2-17,32H,1H3. The lowest BCUT2D eigenvalue weighted by Crippen LogP contribution is -1.85. The summed E-state index contributed by atoms with van der Waals surface area (Å²) < 4.78 is 2.17. The molecule has 6 aromatic carbocycles. The number of fused-ring (bicyclic) bond motifs is 9. The van der Waals surface area contributed by atoms with E-state index in [0.29, 0.717) is 5.75 Å². The molecule has 0 amide bonds. The predicted octanol–water partition coefficient (Wildman–Crippen LogP) is 9.20. The van der Waals surface area contributed by atoms with Crippen LogP contribution >= 0.6 is 11.3 Å². The maximum Gasteiger partial charge on any atom is 0.134 e. The second kappa shape index (κ2) is 6.81. The molecule has 0 spiro atoms. The third kappa shape index (κ3) is 2.65. The average molecular weight is 441 g/mol. The average Bonchev–Trinajstić information content (AvgIpc) is 3.24. The summed E-state index contributed by atoms with van der Waals surface area (Å²) >= 11 is 1.66. The molecule has 7 aromatic rings. The largest absolute Gasteiger partial charge is 0.506 e. The van der Waals surface area contributed by atoms with Gasteiger partial charge in [0.2, 0.25) is 0 Å².